The largest absolute Gasteiger partial charge is 0.417 e. The Labute approximate surface area is 144 Å². The van der Waals surface area contributed by atoms with Crippen molar-refractivity contribution in [3.63, 3.8) is 0 Å². The summed E-state index contributed by atoms with van der Waals surface area (Å²) in [5, 5.41) is 11.2. The molecule has 2 aromatic carbocycles. The van der Waals surface area contributed by atoms with Gasteiger partial charge >= 0.3 is 11.8 Å². The van der Waals surface area contributed by atoms with Crippen LogP contribution in [0.1, 0.15) is 40.7 Å². The maximum atomic E-state index is 12.2. The van der Waals surface area contributed by atoms with Crippen LogP contribution in [0.2, 0.25) is 5.02 Å². The van der Waals surface area contributed by atoms with E-state index in [0.717, 1.165) is 11.1 Å². The second kappa shape index (κ2) is 7.27. The van der Waals surface area contributed by atoms with Crippen molar-refractivity contribution >= 4 is 17.5 Å². The molecule has 3 aromatic rings. The quantitative estimate of drug-likeness (QED) is 0.766. The highest BCUT2D eigenvalue weighted by molar-refractivity contribution is 6.30. The summed E-state index contributed by atoms with van der Waals surface area (Å²) in [5.41, 5.74) is 1.94. The zero-order valence-corrected chi connectivity index (χ0v) is 13.8. The highest BCUT2D eigenvalue weighted by Crippen LogP contribution is 2.15. The Morgan fingerprint density at radius 3 is 2.71 bits per heavy atom. The average Bonchev–Trinajstić information content (AvgIpc) is 3.04. The van der Waals surface area contributed by atoms with Gasteiger partial charge in [0.05, 0.1) is 12.5 Å². The molecule has 0 bridgehead atoms. The topological polar surface area (TPSA) is 68.0 Å². The SMILES string of the molecule is C[C@H](NC(=O)c1nnc(Cc2cccc(Cl)c2)o1)c1ccccc1. The zero-order chi connectivity index (χ0) is 16.9. The second-order valence-corrected chi connectivity index (χ2v) is 5.85. The van der Waals surface area contributed by atoms with Gasteiger partial charge in [0.15, 0.2) is 0 Å². The Hall–Kier alpha value is -2.66. The van der Waals surface area contributed by atoms with Crippen molar-refractivity contribution in [3.8, 4) is 0 Å². The molecule has 1 atom stereocenters. The summed E-state index contributed by atoms with van der Waals surface area (Å²) in [6, 6.07) is 16.9. The molecule has 24 heavy (non-hydrogen) atoms. The van der Waals surface area contributed by atoms with Crippen LogP contribution in [0, 0.1) is 0 Å². The summed E-state index contributed by atoms with van der Waals surface area (Å²) in [7, 11) is 0. The minimum Gasteiger partial charge on any atom is -0.417 e. The molecule has 1 amide bonds. The van der Waals surface area contributed by atoms with Crippen LogP contribution < -0.4 is 5.32 Å². The minimum atomic E-state index is -0.392. The molecule has 0 aliphatic carbocycles. The average molecular weight is 342 g/mol. The van der Waals surface area contributed by atoms with E-state index in [-0.39, 0.29) is 11.9 Å². The number of rotatable bonds is 5. The second-order valence-electron chi connectivity index (χ2n) is 5.41. The van der Waals surface area contributed by atoms with Crippen LogP contribution in [-0.4, -0.2) is 16.1 Å². The smallest absolute Gasteiger partial charge is 0.309 e. The first-order chi connectivity index (χ1) is 11.6. The molecule has 0 aliphatic heterocycles. The molecule has 0 fully saturated rings. The lowest BCUT2D eigenvalue weighted by Crippen LogP contribution is -2.26. The van der Waals surface area contributed by atoms with E-state index in [1.807, 2.05) is 55.5 Å². The molecule has 0 spiro atoms. The molecule has 0 saturated carbocycles. The van der Waals surface area contributed by atoms with E-state index in [2.05, 4.69) is 15.5 Å². The Bertz CT molecular complexity index is 833. The van der Waals surface area contributed by atoms with Gasteiger partial charge < -0.3 is 9.73 Å². The molecule has 0 unspecified atom stereocenters. The highest BCUT2D eigenvalue weighted by Gasteiger charge is 2.17. The molecular weight excluding hydrogens is 326 g/mol. The molecule has 0 radical (unpaired) electrons. The first kappa shape index (κ1) is 16.2. The van der Waals surface area contributed by atoms with E-state index in [4.69, 9.17) is 16.0 Å². The zero-order valence-electron chi connectivity index (χ0n) is 13.1. The molecule has 0 saturated heterocycles. The molecular formula is C18H16ClN3O2. The van der Waals surface area contributed by atoms with Crippen molar-refractivity contribution in [3.05, 3.63) is 82.5 Å². The van der Waals surface area contributed by atoms with Gasteiger partial charge in [-0.15, -0.1) is 10.2 Å². The summed E-state index contributed by atoms with van der Waals surface area (Å²) < 4.78 is 5.45. The standard InChI is InChI=1S/C18H16ClN3O2/c1-12(14-7-3-2-4-8-14)20-17(23)18-22-21-16(24-18)11-13-6-5-9-15(19)10-13/h2-10,12H,11H2,1H3,(H,20,23)/t12-/m0/s1. The third-order valence-electron chi connectivity index (χ3n) is 3.55. The van der Waals surface area contributed by atoms with Crippen LogP contribution in [0.25, 0.3) is 0 Å². The van der Waals surface area contributed by atoms with Gasteiger partial charge in [-0.2, -0.15) is 0 Å². The van der Waals surface area contributed by atoms with Crippen molar-refractivity contribution in [1.82, 2.24) is 15.5 Å². The maximum Gasteiger partial charge on any atom is 0.309 e. The summed E-state index contributed by atoms with van der Waals surface area (Å²) in [4.78, 5) is 12.2. The lowest BCUT2D eigenvalue weighted by atomic mass is 10.1. The number of nitrogens with zero attached hydrogens (tertiary/aromatic N) is 2. The Kier molecular flexibility index (Phi) is 4.91. The predicted molar refractivity (Wildman–Crippen MR) is 90.9 cm³/mol. The number of halogens is 1. The van der Waals surface area contributed by atoms with Crippen LogP contribution in [0.5, 0.6) is 0 Å². The van der Waals surface area contributed by atoms with Crippen LogP contribution in [0.4, 0.5) is 0 Å². The molecule has 3 rings (SSSR count). The van der Waals surface area contributed by atoms with Gasteiger partial charge in [-0.05, 0) is 30.2 Å². The fraction of sp³-hybridized carbons (Fsp3) is 0.167. The number of carbonyl (C=O) groups is 1. The maximum absolute atomic E-state index is 12.2. The molecule has 0 aliphatic rings. The van der Waals surface area contributed by atoms with Crippen LogP contribution >= 0.6 is 11.6 Å². The van der Waals surface area contributed by atoms with Crippen molar-refractivity contribution in [2.75, 3.05) is 0 Å². The normalized spacial score (nSPS) is 11.9. The molecule has 1 heterocycles. The molecule has 5 nitrogen and oxygen atoms in total. The number of hydrogen-bond donors (Lipinski definition) is 1. The van der Waals surface area contributed by atoms with Crippen molar-refractivity contribution in [2.24, 2.45) is 0 Å². The number of amides is 1. The van der Waals surface area contributed by atoms with E-state index in [0.29, 0.717) is 17.3 Å². The summed E-state index contributed by atoms with van der Waals surface area (Å²) in [5.74, 6) is -0.0687. The number of carbonyl (C=O) groups excluding carboxylic acids is 1. The van der Waals surface area contributed by atoms with Gasteiger partial charge in [0, 0.05) is 5.02 Å². The van der Waals surface area contributed by atoms with Gasteiger partial charge in [0.2, 0.25) is 5.89 Å². The Balaban J connectivity index is 1.65. The molecule has 1 aromatic heterocycles. The van der Waals surface area contributed by atoms with Gasteiger partial charge in [0.1, 0.15) is 0 Å². The first-order valence-corrected chi connectivity index (χ1v) is 7.92. The summed E-state index contributed by atoms with van der Waals surface area (Å²) in [6.07, 6.45) is 0.426. The fourth-order valence-electron chi connectivity index (χ4n) is 2.32. The number of nitrogens with one attached hydrogen (secondary N) is 1. The number of aromatic nitrogens is 2. The molecule has 122 valence electrons. The lowest BCUT2D eigenvalue weighted by Gasteiger charge is -2.12. The first-order valence-electron chi connectivity index (χ1n) is 7.54. The van der Waals surface area contributed by atoms with Gasteiger partial charge in [-0.3, -0.25) is 4.79 Å². The molecule has 6 heteroatoms. The lowest BCUT2D eigenvalue weighted by molar-refractivity contribution is 0.0903. The van der Waals surface area contributed by atoms with Gasteiger partial charge in [-0.1, -0.05) is 54.1 Å². The van der Waals surface area contributed by atoms with Crippen LogP contribution in [0.15, 0.2) is 59.0 Å². The highest BCUT2D eigenvalue weighted by atomic mass is 35.5. The van der Waals surface area contributed by atoms with Crippen molar-refractivity contribution in [1.29, 1.82) is 0 Å². The van der Waals surface area contributed by atoms with Gasteiger partial charge in [-0.25, -0.2) is 0 Å². The molecule has 1 N–H and O–H groups in total. The monoisotopic (exact) mass is 341 g/mol. The van der Waals surface area contributed by atoms with E-state index in [1.54, 1.807) is 6.07 Å². The van der Waals surface area contributed by atoms with E-state index in [9.17, 15) is 4.79 Å². The minimum absolute atomic E-state index is 0.0465. The van der Waals surface area contributed by atoms with E-state index < -0.39 is 5.91 Å². The van der Waals surface area contributed by atoms with Gasteiger partial charge in [0.25, 0.3) is 0 Å². The van der Waals surface area contributed by atoms with Crippen LogP contribution in [0.3, 0.4) is 0 Å². The fourth-order valence-corrected chi connectivity index (χ4v) is 2.53. The van der Waals surface area contributed by atoms with Crippen LogP contribution in [-0.2, 0) is 6.42 Å². The number of benzene rings is 2. The summed E-state index contributed by atoms with van der Waals surface area (Å²) in [6.45, 7) is 1.90. The number of hydrogen-bond acceptors (Lipinski definition) is 4. The van der Waals surface area contributed by atoms with Crippen molar-refractivity contribution < 1.29 is 9.21 Å². The third kappa shape index (κ3) is 4.00. The van der Waals surface area contributed by atoms with E-state index in [1.165, 1.54) is 0 Å². The summed E-state index contributed by atoms with van der Waals surface area (Å²) >= 11 is 5.95. The van der Waals surface area contributed by atoms with E-state index >= 15 is 0 Å². The Morgan fingerprint density at radius 1 is 1.17 bits per heavy atom. The Morgan fingerprint density at radius 2 is 1.96 bits per heavy atom. The third-order valence-corrected chi connectivity index (χ3v) is 3.79. The van der Waals surface area contributed by atoms with Crippen molar-refractivity contribution in [2.45, 2.75) is 19.4 Å². The predicted octanol–water partition coefficient (Wildman–Crippen LogP) is 3.80.